The minimum absolute atomic E-state index is 0.00115. The molecule has 0 bridgehead atoms. The number of carbonyl (C=O) groups excluding carboxylic acids is 2. The van der Waals surface area contributed by atoms with Crippen molar-refractivity contribution in [3.05, 3.63) is 29.8 Å². The summed E-state index contributed by atoms with van der Waals surface area (Å²) in [7, 11) is 1.45. The summed E-state index contributed by atoms with van der Waals surface area (Å²) in [5.41, 5.74) is -1.80. The number of piperidine rings is 1. The zero-order valence-electron chi connectivity index (χ0n) is 20.1. The number of ether oxygens (including phenoxy) is 1. The molecule has 2 amide bonds. The maximum atomic E-state index is 15.5. The molecule has 0 radical (unpaired) electrons. The lowest BCUT2D eigenvalue weighted by molar-refractivity contribution is 0.00574. The highest BCUT2D eigenvalue weighted by Crippen LogP contribution is 2.29. The lowest BCUT2D eigenvalue weighted by atomic mass is 9.93. The summed E-state index contributed by atoms with van der Waals surface area (Å²) >= 11 is 0. The van der Waals surface area contributed by atoms with E-state index >= 15 is 4.39 Å². The van der Waals surface area contributed by atoms with Gasteiger partial charge in [-0.25, -0.2) is 19.2 Å². The van der Waals surface area contributed by atoms with E-state index in [1.807, 2.05) is 6.07 Å². The molecule has 12 nitrogen and oxygen atoms in total. The Morgan fingerprint density at radius 1 is 1.20 bits per heavy atom. The van der Waals surface area contributed by atoms with E-state index in [0.717, 1.165) is 0 Å². The first-order chi connectivity index (χ1) is 16.5. The Morgan fingerprint density at radius 3 is 2.49 bits per heavy atom. The number of rotatable bonds is 6. The van der Waals surface area contributed by atoms with E-state index < -0.39 is 23.3 Å². The van der Waals surface area contributed by atoms with Gasteiger partial charge >= 0.3 is 6.09 Å². The molecule has 0 aromatic carbocycles. The van der Waals surface area contributed by atoms with Crippen LogP contribution in [0.15, 0.2) is 18.5 Å². The van der Waals surface area contributed by atoms with Gasteiger partial charge in [-0.2, -0.15) is 5.26 Å². The summed E-state index contributed by atoms with van der Waals surface area (Å²) in [6.45, 7) is 5.68. The molecule has 2 aromatic heterocycles. The van der Waals surface area contributed by atoms with Crippen molar-refractivity contribution in [2.45, 2.75) is 44.9 Å². The van der Waals surface area contributed by atoms with Crippen LogP contribution < -0.4 is 16.0 Å². The number of hydrogen-bond donors (Lipinski definition) is 3. The SMILES string of the molecule is CNC(=O)c1nnc(Nc2cnc(C#N)cn2)cc1NCC1(F)CCN(C(=O)OC(C)(C)C)CC1. The normalized spacial score (nSPS) is 15.0. The quantitative estimate of drug-likeness (QED) is 0.555. The van der Waals surface area contributed by atoms with Crippen molar-refractivity contribution in [2.75, 3.05) is 37.3 Å². The molecule has 1 saturated heterocycles. The van der Waals surface area contributed by atoms with Crippen molar-refractivity contribution in [3.8, 4) is 6.07 Å². The summed E-state index contributed by atoms with van der Waals surface area (Å²) in [6, 6.07) is 3.39. The minimum atomic E-state index is -1.60. The number of aromatic nitrogens is 4. The van der Waals surface area contributed by atoms with Gasteiger partial charge in [0.05, 0.1) is 18.1 Å². The van der Waals surface area contributed by atoms with E-state index in [0.29, 0.717) is 5.82 Å². The van der Waals surface area contributed by atoms with Crippen LogP contribution in [0.1, 0.15) is 49.8 Å². The van der Waals surface area contributed by atoms with Crippen LogP contribution in [-0.4, -0.2) is 75.0 Å². The number of nitrogens with zero attached hydrogens (tertiary/aromatic N) is 6. The Balaban J connectivity index is 1.68. The van der Waals surface area contributed by atoms with E-state index in [9.17, 15) is 9.59 Å². The summed E-state index contributed by atoms with van der Waals surface area (Å²) in [5, 5.41) is 25.1. The molecule has 1 fully saturated rings. The minimum Gasteiger partial charge on any atom is -0.444 e. The van der Waals surface area contributed by atoms with Crippen LogP contribution in [0, 0.1) is 11.3 Å². The molecule has 0 saturated carbocycles. The fourth-order valence-electron chi connectivity index (χ4n) is 3.30. The van der Waals surface area contributed by atoms with Crippen LogP contribution in [0.5, 0.6) is 0 Å². The number of alkyl halides is 1. The van der Waals surface area contributed by atoms with Crippen LogP contribution in [0.4, 0.5) is 26.5 Å². The van der Waals surface area contributed by atoms with E-state index in [1.165, 1.54) is 30.4 Å². The van der Waals surface area contributed by atoms with Crippen molar-refractivity contribution in [1.29, 1.82) is 5.26 Å². The highest BCUT2D eigenvalue weighted by Gasteiger charge is 2.37. The fraction of sp³-hybridized carbons (Fsp3) is 0.500. The van der Waals surface area contributed by atoms with Gasteiger partial charge < -0.3 is 25.6 Å². The van der Waals surface area contributed by atoms with Crippen molar-refractivity contribution in [3.63, 3.8) is 0 Å². The number of anilines is 3. The van der Waals surface area contributed by atoms with Crippen molar-refractivity contribution < 1.29 is 18.7 Å². The second kappa shape index (κ2) is 10.5. The maximum absolute atomic E-state index is 15.5. The van der Waals surface area contributed by atoms with E-state index in [4.69, 9.17) is 10.00 Å². The summed E-state index contributed by atoms with van der Waals surface area (Å²) in [4.78, 5) is 34.0. The number of halogens is 1. The summed E-state index contributed by atoms with van der Waals surface area (Å²) in [5.74, 6) is 0.0672. The molecule has 13 heteroatoms. The molecule has 0 atom stereocenters. The molecule has 0 spiro atoms. The Kier molecular flexibility index (Phi) is 7.63. The smallest absolute Gasteiger partial charge is 0.410 e. The van der Waals surface area contributed by atoms with Gasteiger partial charge in [0.2, 0.25) is 0 Å². The van der Waals surface area contributed by atoms with Gasteiger partial charge in [0.15, 0.2) is 17.2 Å². The van der Waals surface area contributed by atoms with Crippen LogP contribution in [0.25, 0.3) is 0 Å². The predicted octanol–water partition coefficient (Wildman–Crippen LogP) is 2.39. The van der Waals surface area contributed by atoms with Crippen molar-refractivity contribution in [2.24, 2.45) is 0 Å². The van der Waals surface area contributed by atoms with Crippen molar-refractivity contribution in [1.82, 2.24) is 30.4 Å². The molecule has 0 aliphatic carbocycles. The maximum Gasteiger partial charge on any atom is 0.410 e. The van der Waals surface area contributed by atoms with Crippen LogP contribution in [0.3, 0.4) is 0 Å². The topological polar surface area (TPSA) is 158 Å². The first-order valence-electron chi connectivity index (χ1n) is 11.0. The third-order valence-corrected chi connectivity index (χ3v) is 5.17. The zero-order valence-corrected chi connectivity index (χ0v) is 20.1. The molecule has 186 valence electrons. The summed E-state index contributed by atoms with van der Waals surface area (Å²) in [6.07, 6.45) is 2.41. The molecular weight excluding hydrogens is 457 g/mol. The zero-order chi connectivity index (χ0) is 25.6. The number of nitriles is 1. The standard InChI is InChI=1S/C22H28FN9O3/c1-21(2,3)35-20(34)32-7-5-22(23,6-8-32)13-28-15-9-16(30-31-18(15)19(33)25-4)29-17-12-26-14(10-24)11-27-17/h9,11-12H,5-8,13H2,1-4H3,(H,25,33)(H2,27,28,29,30). The molecule has 3 rings (SSSR count). The molecule has 3 N–H and O–H groups in total. The third-order valence-electron chi connectivity index (χ3n) is 5.17. The largest absolute Gasteiger partial charge is 0.444 e. The molecule has 0 unspecified atom stereocenters. The second-order valence-electron chi connectivity index (χ2n) is 9.07. The third kappa shape index (κ3) is 6.95. The van der Waals surface area contributed by atoms with Crippen LogP contribution in [-0.2, 0) is 4.74 Å². The van der Waals surface area contributed by atoms with Crippen LogP contribution >= 0.6 is 0 Å². The lowest BCUT2D eigenvalue weighted by Crippen LogP contribution is -2.48. The molecular formula is C22H28FN9O3. The second-order valence-corrected chi connectivity index (χ2v) is 9.07. The monoisotopic (exact) mass is 485 g/mol. The Hall–Kier alpha value is -4.08. The van der Waals surface area contributed by atoms with Gasteiger partial charge in [0, 0.05) is 45.6 Å². The van der Waals surface area contributed by atoms with Gasteiger partial charge in [-0.15, -0.1) is 10.2 Å². The fourth-order valence-corrected chi connectivity index (χ4v) is 3.30. The van der Waals surface area contributed by atoms with Gasteiger partial charge in [0.1, 0.15) is 23.2 Å². The molecule has 1 aliphatic heterocycles. The van der Waals surface area contributed by atoms with E-state index in [-0.39, 0.29) is 55.4 Å². The molecule has 35 heavy (non-hydrogen) atoms. The number of amides is 2. The van der Waals surface area contributed by atoms with Gasteiger partial charge in [-0.1, -0.05) is 0 Å². The average Bonchev–Trinajstić information content (AvgIpc) is 2.82. The number of hydrogen-bond acceptors (Lipinski definition) is 10. The molecule has 1 aliphatic rings. The number of likely N-dealkylation sites (tertiary alicyclic amines) is 1. The van der Waals surface area contributed by atoms with Gasteiger partial charge in [0.25, 0.3) is 5.91 Å². The van der Waals surface area contributed by atoms with Gasteiger partial charge in [-0.3, -0.25) is 4.79 Å². The van der Waals surface area contributed by atoms with E-state index in [1.54, 1.807) is 20.8 Å². The van der Waals surface area contributed by atoms with Crippen LogP contribution in [0.2, 0.25) is 0 Å². The van der Waals surface area contributed by atoms with Crippen molar-refractivity contribution >= 4 is 29.3 Å². The predicted molar refractivity (Wildman–Crippen MR) is 125 cm³/mol. The van der Waals surface area contributed by atoms with Gasteiger partial charge in [-0.05, 0) is 20.8 Å². The lowest BCUT2D eigenvalue weighted by Gasteiger charge is -2.37. The van der Waals surface area contributed by atoms with E-state index in [2.05, 4.69) is 36.1 Å². The average molecular weight is 486 g/mol. The first-order valence-corrected chi connectivity index (χ1v) is 11.0. The number of carbonyl (C=O) groups is 2. The first kappa shape index (κ1) is 25.5. The highest BCUT2D eigenvalue weighted by molar-refractivity contribution is 5.97. The Labute approximate surface area is 202 Å². The highest BCUT2D eigenvalue weighted by atomic mass is 19.1. The Bertz CT molecular complexity index is 1100. The summed E-state index contributed by atoms with van der Waals surface area (Å²) < 4.78 is 20.9. The Morgan fingerprint density at radius 2 is 1.91 bits per heavy atom. The molecule has 3 heterocycles. The number of nitrogens with one attached hydrogen (secondary N) is 3. The molecule has 2 aromatic rings.